The quantitative estimate of drug-likeness (QED) is 0.318. The highest BCUT2D eigenvalue weighted by Crippen LogP contribution is 2.33. The van der Waals surface area contributed by atoms with Crippen LogP contribution in [0.1, 0.15) is 16.1 Å². The molecule has 8 nitrogen and oxygen atoms in total. The maximum Gasteiger partial charge on any atom is 0.270 e. The zero-order chi connectivity index (χ0) is 18.0. The van der Waals surface area contributed by atoms with Crippen molar-refractivity contribution in [1.29, 1.82) is 0 Å². The van der Waals surface area contributed by atoms with E-state index in [4.69, 9.17) is 4.42 Å². The van der Waals surface area contributed by atoms with Gasteiger partial charge in [0.15, 0.2) is 17.3 Å². The number of hydrogen-bond acceptors (Lipinski definition) is 7. The number of carbonyl (C=O) groups is 1. The second-order valence-corrected chi connectivity index (χ2v) is 5.16. The predicted molar refractivity (Wildman–Crippen MR) is 89.4 cm³/mol. The SMILES string of the molecule is O=C(CN=Cc1oc2ccc([N+](=O)[O-])cc2c1O)c1ccccc1O. The summed E-state index contributed by atoms with van der Waals surface area (Å²) in [5.41, 5.74) is 0.225. The molecule has 25 heavy (non-hydrogen) atoms. The number of nitro benzene ring substituents is 1. The van der Waals surface area contributed by atoms with E-state index in [1.54, 1.807) is 12.1 Å². The summed E-state index contributed by atoms with van der Waals surface area (Å²) in [5.74, 6) is -0.847. The molecule has 0 amide bonds. The van der Waals surface area contributed by atoms with Gasteiger partial charge in [-0.05, 0) is 18.2 Å². The molecule has 0 saturated heterocycles. The number of nitro groups is 1. The standard InChI is InChI=1S/C17H12N2O6/c20-13-4-2-1-3-11(13)14(21)8-18-9-16-17(22)12-7-10(19(23)24)5-6-15(12)25-16/h1-7,9,20,22H,8H2. The summed E-state index contributed by atoms with van der Waals surface area (Å²) in [5, 5.41) is 30.7. The topological polar surface area (TPSA) is 126 Å². The van der Waals surface area contributed by atoms with Crippen LogP contribution >= 0.6 is 0 Å². The van der Waals surface area contributed by atoms with Crippen LogP contribution in [0.4, 0.5) is 5.69 Å². The molecule has 0 aliphatic heterocycles. The molecular formula is C17H12N2O6. The molecule has 2 N–H and O–H groups in total. The van der Waals surface area contributed by atoms with Crippen molar-refractivity contribution < 1.29 is 24.3 Å². The second kappa shape index (κ2) is 6.44. The van der Waals surface area contributed by atoms with Gasteiger partial charge < -0.3 is 14.6 Å². The fourth-order valence-electron chi connectivity index (χ4n) is 2.30. The van der Waals surface area contributed by atoms with E-state index in [0.717, 1.165) is 0 Å². The number of aliphatic imine (C=N–C) groups is 1. The molecule has 0 atom stereocenters. The predicted octanol–water partition coefficient (Wildman–Crippen LogP) is 3.05. The Kier molecular flexibility index (Phi) is 4.17. The summed E-state index contributed by atoms with van der Waals surface area (Å²) in [6, 6.07) is 9.92. The average Bonchev–Trinajstić information content (AvgIpc) is 2.91. The lowest BCUT2D eigenvalue weighted by molar-refractivity contribution is -0.384. The van der Waals surface area contributed by atoms with Gasteiger partial charge >= 0.3 is 0 Å². The van der Waals surface area contributed by atoms with Gasteiger partial charge in [0.05, 0.1) is 22.1 Å². The van der Waals surface area contributed by atoms with Gasteiger partial charge in [0, 0.05) is 12.1 Å². The zero-order valence-corrected chi connectivity index (χ0v) is 12.7. The molecule has 0 fully saturated rings. The van der Waals surface area contributed by atoms with Crippen LogP contribution in [0.2, 0.25) is 0 Å². The lowest BCUT2D eigenvalue weighted by Gasteiger charge is -2.00. The van der Waals surface area contributed by atoms with E-state index in [2.05, 4.69) is 4.99 Å². The van der Waals surface area contributed by atoms with Crippen molar-refractivity contribution in [2.75, 3.05) is 6.54 Å². The summed E-state index contributed by atoms with van der Waals surface area (Å²) in [6.45, 7) is -0.256. The van der Waals surface area contributed by atoms with Crippen LogP contribution in [-0.4, -0.2) is 33.7 Å². The average molecular weight is 340 g/mol. The van der Waals surface area contributed by atoms with Gasteiger partial charge in [-0.3, -0.25) is 19.9 Å². The van der Waals surface area contributed by atoms with Crippen LogP contribution < -0.4 is 0 Å². The molecule has 0 radical (unpaired) electrons. The van der Waals surface area contributed by atoms with Crippen molar-refractivity contribution in [3.05, 3.63) is 63.9 Å². The van der Waals surface area contributed by atoms with Crippen molar-refractivity contribution in [3.8, 4) is 11.5 Å². The molecule has 3 rings (SSSR count). The fraction of sp³-hybridized carbons (Fsp3) is 0.0588. The van der Waals surface area contributed by atoms with E-state index < -0.39 is 10.7 Å². The Morgan fingerprint density at radius 2 is 2.00 bits per heavy atom. The highest BCUT2D eigenvalue weighted by Gasteiger charge is 2.16. The first-order valence-corrected chi connectivity index (χ1v) is 7.18. The lowest BCUT2D eigenvalue weighted by atomic mass is 10.1. The number of aromatic hydroxyl groups is 2. The molecule has 0 unspecified atom stereocenters. The minimum Gasteiger partial charge on any atom is -0.507 e. The maximum atomic E-state index is 12.0. The first-order valence-electron chi connectivity index (χ1n) is 7.18. The Bertz CT molecular complexity index is 1010. The van der Waals surface area contributed by atoms with Crippen LogP contribution in [0.15, 0.2) is 51.9 Å². The first kappa shape index (κ1) is 16.2. The molecule has 0 saturated carbocycles. The normalized spacial score (nSPS) is 11.2. The minimum atomic E-state index is -0.579. The number of rotatable bonds is 5. The summed E-state index contributed by atoms with van der Waals surface area (Å²) >= 11 is 0. The molecule has 1 aromatic heterocycles. The van der Waals surface area contributed by atoms with Crippen LogP contribution in [0.5, 0.6) is 11.5 Å². The van der Waals surface area contributed by atoms with Gasteiger partial charge in [-0.1, -0.05) is 12.1 Å². The largest absolute Gasteiger partial charge is 0.507 e. The monoisotopic (exact) mass is 340 g/mol. The number of carbonyl (C=O) groups excluding carboxylic acids is 1. The van der Waals surface area contributed by atoms with Gasteiger partial charge in [0.25, 0.3) is 5.69 Å². The number of Topliss-reactive ketones (excluding diaryl/α,β-unsaturated/α-hetero) is 1. The van der Waals surface area contributed by atoms with Crippen LogP contribution in [0, 0.1) is 10.1 Å². The number of non-ortho nitro benzene ring substituents is 1. The number of furan rings is 1. The van der Waals surface area contributed by atoms with E-state index in [1.807, 2.05) is 0 Å². The number of phenolic OH excluding ortho intramolecular Hbond substituents is 1. The van der Waals surface area contributed by atoms with Crippen LogP contribution in [0.3, 0.4) is 0 Å². The number of nitrogens with zero attached hydrogens (tertiary/aromatic N) is 2. The first-order chi connectivity index (χ1) is 12.0. The zero-order valence-electron chi connectivity index (χ0n) is 12.7. The summed E-state index contributed by atoms with van der Waals surface area (Å²) < 4.78 is 5.36. The van der Waals surface area contributed by atoms with Gasteiger partial charge in [0.1, 0.15) is 17.9 Å². The van der Waals surface area contributed by atoms with Crippen molar-refractivity contribution in [2.45, 2.75) is 0 Å². The van der Waals surface area contributed by atoms with Crippen LogP contribution in [-0.2, 0) is 0 Å². The van der Waals surface area contributed by atoms with Gasteiger partial charge in [-0.25, -0.2) is 0 Å². The molecule has 126 valence electrons. The minimum absolute atomic E-state index is 0.0134. The van der Waals surface area contributed by atoms with E-state index >= 15 is 0 Å². The molecule has 0 bridgehead atoms. The van der Waals surface area contributed by atoms with Crippen molar-refractivity contribution in [2.24, 2.45) is 4.99 Å². The van der Waals surface area contributed by atoms with Gasteiger partial charge in [-0.15, -0.1) is 0 Å². The molecule has 2 aromatic carbocycles. The van der Waals surface area contributed by atoms with Crippen LogP contribution in [0.25, 0.3) is 11.0 Å². The fourth-order valence-corrected chi connectivity index (χ4v) is 2.30. The maximum absolute atomic E-state index is 12.0. The Hall–Kier alpha value is -3.68. The third kappa shape index (κ3) is 3.18. The summed E-state index contributed by atoms with van der Waals surface area (Å²) in [6.07, 6.45) is 1.17. The highest BCUT2D eigenvalue weighted by molar-refractivity contribution is 6.01. The third-order valence-electron chi connectivity index (χ3n) is 3.53. The molecule has 0 aliphatic carbocycles. The van der Waals surface area contributed by atoms with E-state index in [-0.39, 0.29) is 46.0 Å². The third-order valence-corrected chi connectivity index (χ3v) is 3.53. The molecule has 0 aliphatic rings. The number of para-hydroxylation sites is 1. The van der Waals surface area contributed by atoms with Gasteiger partial charge in [-0.2, -0.15) is 0 Å². The highest BCUT2D eigenvalue weighted by atomic mass is 16.6. The lowest BCUT2D eigenvalue weighted by Crippen LogP contribution is -2.03. The van der Waals surface area contributed by atoms with Crippen molar-refractivity contribution in [1.82, 2.24) is 0 Å². The number of phenols is 1. The van der Waals surface area contributed by atoms with E-state index in [0.29, 0.717) is 0 Å². The van der Waals surface area contributed by atoms with Crippen molar-refractivity contribution >= 4 is 28.7 Å². The Balaban J connectivity index is 1.82. The molecule has 0 spiro atoms. The molecular weight excluding hydrogens is 328 g/mol. The molecule has 8 heteroatoms. The summed E-state index contributed by atoms with van der Waals surface area (Å²) in [4.78, 5) is 26.1. The van der Waals surface area contributed by atoms with E-state index in [9.17, 15) is 25.1 Å². The molecule has 3 aromatic rings. The Morgan fingerprint density at radius 1 is 1.24 bits per heavy atom. The smallest absolute Gasteiger partial charge is 0.270 e. The number of hydrogen-bond donors (Lipinski definition) is 2. The van der Waals surface area contributed by atoms with Crippen molar-refractivity contribution in [3.63, 3.8) is 0 Å². The van der Waals surface area contributed by atoms with E-state index in [1.165, 1.54) is 36.5 Å². The number of ketones is 1. The number of fused-ring (bicyclic) bond motifs is 1. The molecule has 1 heterocycles. The van der Waals surface area contributed by atoms with Gasteiger partial charge in [0.2, 0.25) is 0 Å². The second-order valence-electron chi connectivity index (χ2n) is 5.16. The summed E-state index contributed by atoms with van der Waals surface area (Å²) in [7, 11) is 0. The number of benzene rings is 2. The Labute approximate surface area is 140 Å². The Morgan fingerprint density at radius 3 is 2.72 bits per heavy atom.